The molecule has 0 aromatic heterocycles. The molecule has 1 aromatic carbocycles. The summed E-state index contributed by atoms with van der Waals surface area (Å²) in [5, 5.41) is 12.6. The van der Waals surface area contributed by atoms with Crippen molar-refractivity contribution in [3.8, 4) is 0 Å². The topological polar surface area (TPSA) is 98.7 Å². The molecule has 1 heterocycles. The smallest absolute Gasteiger partial charge is 0.227 e. The molecular weight excluding hydrogens is 390 g/mol. The SMILES string of the molecule is CC(C)(C)S(=O)(=O)NC1CCC(C(=O)Nc2ccc(N3CCC(O)C3)cc2)CC1. The van der Waals surface area contributed by atoms with Crippen molar-refractivity contribution in [2.75, 3.05) is 23.3 Å². The zero-order valence-electron chi connectivity index (χ0n) is 17.5. The first kappa shape index (κ1) is 22.1. The van der Waals surface area contributed by atoms with Crippen molar-refractivity contribution in [1.29, 1.82) is 0 Å². The molecule has 2 aliphatic rings. The second kappa shape index (κ2) is 8.62. The van der Waals surface area contributed by atoms with E-state index in [1.165, 1.54) is 0 Å². The molecule has 0 bridgehead atoms. The molecule has 1 aromatic rings. The van der Waals surface area contributed by atoms with Gasteiger partial charge in [-0.2, -0.15) is 0 Å². The Morgan fingerprint density at radius 3 is 2.21 bits per heavy atom. The lowest BCUT2D eigenvalue weighted by Crippen LogP contribution is -2.46. The Balaban J connectivity index is 1.48. The molecule has 162 valence electrons. The number of sulfonamides is 1. The molecule has 1 aliphatic carbocycles. The molecule has 8 heteroatoms. The van der Waals surface area contributed by atoms with Gasteiger partial charge in [-0.25, -0.2) is 13.1 Å². The van der Waals surface area contributed by atoms with E-state index in [-0.39, 0.29) is 24.0 Å². The van der Waals surface area contributed by atoms with Gasteiger partial charge in [-0.05, 0) is 77.1 Å². The van der Waals surface area contributed by atoms with Crippen molar-refractivity contribution in [2.24, 2.45) is 5.92 Å². The van der Waals surface area contributed by atoms with Crippen LogP contribution in [0.5, 0.6) is 0 Å². The van der Waals surface area contributed by atoms with Crippen LogP contribution >= 0.6 is 0 Å². The van der Waals surface area contributed by atoms with Crippen LogP contribution in [0.3, 0.4) is 0 Å². The highest BCUT2D eigenvalue weighted by atomic mass is 32.2. The number of amides is 1. The Kier molecular flexibility index (Phi) is 6.55. The molecule has 1 unspecified atom stereocenters. The molecular formula is C21H33N3O4S. The lowest BCUT2D eigenvalue weighted by molar-refractivity contribution is -0.120. The van der Waals surface area contributed by atoms with E-state index in [1.807, 2.05) is 24.3 Å². The summed E-state index contributed by atoms with van der Waals surface area (Å²) >= 11 is 0. The third-order valence-corrected chi connectivity index (χ3v) is 8.15. The minimum atomic E-state index is -3.37. The van der Waals surface area contributed by atoms with E-state index < -0.39 is 14.8 Å². The molecule has 2 fully saturated rings. The summed E-state index contributed by atoms with van der Waals surface area (Å²) in [7, 11) is -3.37. The largest absolute Gasteiger partial charge is 0.391 e. The van der Waals surface area contributed by atoms with Crippen LogP contribution in [-0.2, 0) is 14.8 Å². The highest BCUT2D eigenvalue weighted by Gasteiger charge is 2.34. The van der Waals surface area contributed by atoms with Crippen LogP contribution in [0.2, 0.25) is 0 Å². The zero-order chi connectivity index (χ0) is 21.2. The number of anilines is 2. The zero-order valence-corrected chi connectivity index (χ0v) is 18.3. The van der Waals surface area contributed by atoms with Gasteiger partial charge in [0.05, 0.1) is 10.9 Å². The Hall–Kier alpha value is -1.64. The average molecular weight is 424 g/mol. The van der Waals surface area contributed by atoms with Crippen molar-refractivity contribution < 1.29 is 18.3 Å². The summed E-state index contributed by atoms with van der Waals surface area (Å²) in [6.45, 7) is 6.55. The maximum absolute atomic E-state index is 12.6. The number of benzene rings is 1. The molecule has 7 nitrogen and oxygen atoms in total. The van der Waals surface area contributed by atoms with Crippen LogP contribution < -0.4 is 14.9 Å². The number of carbonyl (C=O) groups excluding carboxylic acids is 1. The second-order valence-electron chi connectivity index (χ2n) is 9.21. The summed E-state index contributed by atoms with van der Waals surface area (Å²) < 4.78 is 26.6. The van der Waals surface area contributed by atoms with Crippen LogP contribution in [0.1, 0.15) is 52.9 Å². The predicted octanol–water partition coefficient (Wildman–Crippen LogP) is 2.47. The molecule has 0 spiro atoms. The average Bonchev–Trinajstić information content (AvgIpc) is 3.08. The number of aliphatic hydroxyl groups is 1. The monoisotopic (exact) mass is 423 g/mol. The first-order valence-electron chi connectivity index (χ1n) is 10.4. The van der Waals surface area contributed by atoms with Gasteiger partial charge in [-0.1, -0.05) is 0 Å². The number of hydrogen-bond acceptors (Lipinski definition) is 5. The number of hydrogen-bond donors (Lipinski definition) is 3. The van der Waals surface area contributed by atoms with E-state index in [4.69, 9.17) is 0 Å². The van der Waals surface area contributed by atoms with Gasteiger partial charge in [-0.15, -0.1) is 0 Å². The molecule has 3 N–H and O–H groups in total. The van der Waals surface area contributed by atoms with Gasteiger partial charge in [0.1, 0.15) is 0 Å². The van der Waals surface area contributed by atoms with Crippen molar-refractivity contribution in [2.45, 2.75) is 69.8 Å². The quantitative estimate of drug-likeness (QED) is 0.676. The first-order valence-corrected chi connectivity index (χ1v) is 11.9. The van der Waals surface area contributed by atoms with Gasteiger partial charge in [0.15, 0.2) is 0 Å². The van der Waals surface area contributed by atoms with Crippen molar-refractivity contribution >= 4 is 27.3 Å². The summed E-state index contributed by atoms with van der Waals surface area (Å²) in [5.41, 5.74) is 1.81. The maximum Gasteiger partial charge on any atom is 0.227 e. The standard InChI is InChI=1S/C21H33N3O4S/c1-21(2,3)29(27,28)23-17-6-4-15(5-7-17)20(26)22-16-8-10-18(11-9-16)24-13-12-19(25)14-24/h8-11,15,17,19,23,25H,4-7,12-14H2,1-3H3,(H,22,26). The third-order valence-electron chi connectivity index (χ3n) is 5.89. The first-order chi connectivity index (χ1) is 13.5. The van der Waals surface area contributed by atoms with Gasteiger partial charge in [0, 0.05) is 36.4 Å². The van der Waals surface area contributed by atoms with E-state index in [9.17, 15) is 18.3 Å². The molecule has 29 heavy (non-hydrogen) atoms. The number of rotatable bonds is 5. The minimum Gasteiger partial charge on any atom is -0.391 e. The van der Waals surface area contributed by atoms with Gasteiger partial charge in [0.25, 0.3) is 0 Å². The third kappa shape index (κ3) is 5.49. The Bertz CT molecular complexity index is 809. The van der Waals surface area contributed by atoms with Gasteiger partial charge < -0.3 is 15.3 Å². The predicted molar refractivity (Wildman–Crippen MR) is 115 cm³/mol. The van der Waals surface area contributed by atoms with Crippen molar-refractivity contribution in [1.82, 2.24) is 4.72 Å². The maximum atomic E-state index is 12.6. The Morgan fingerprint density at radius 2 is 1.69 bits per heavy atom. The van der Waals surface area contributed by atoms with E-state index in [2.05, 4.69) is 14.9 Å². The fourth-order valence-corrected chi connectivity index (χ4v) is 4.87. The summed E-state index contributed by atoms with van der Waals surface area (Å²) in [4.78, 5) is 14.7. The molecule has 1 atom stereocenters. The molecule has 1 saturated heterocycles. The lowest BCUT2D eigenvalue weighted by Gasteiger charge is -2.30. The van der Waals surface area contributed by atoms with Gasteiger partial charge >= 0.3 is 0 Å². The van der Waals surface area contributed by atoms with E-state index in [0.29, 0.717) is 32.2 Å². The van der Waals surface area contributed by atoms with Crippen LogP contribution in [-0.4, -0.2) is 49.4 Å². The molecule has 0 radical (unpaired) electrons. The minimum absolute atomic E-state index is 0.00790. The highest BCUT2D eigenvalue weighted by molar-refractivity contribution is 7.90. The van der Waals surface area contributed by atoms with Crippen LogP contribution in [0.4, 0.5) is 11.4 Å². The van der Waals surface area contributed by atoms with Gasteiger partial charge in [-0.3, -0.25) is 4.79 Å². The summed E-state index contributed by atoms with van der Waals surface area (Å²) in [6, 6.07) is 7.61. The number of β-amino-alcohol motifs (C(OH)–C–C–N with tert-alkyl or cyclic N) is 1. The molecule has 1 aliphatic heterocycles. The normalized spacial score (nSPS) is 25.8. The van der Waals surface area contributed by atoms with Crippen molar-refractivity contribution in [3.05, 3.63) is 24.3 Å². The Morgan fingerprint density at radius 1 is 1.07 bits per heavy atom. The second-order valence-corrected chi connectivity index (χ2v) is 11.7. The number of carbonyl (C=O) groups is 1. The highest BCUT2D eigenvalue weighted by Crippen LogP contribution is 2.28. The Labute approximate surface area is 173 Å². The summed E-state index contributed by atoms with van der Waals surface area (Å²) in [5.74, 6) is -0.106. The van der Waals surface area contributed by atoms with Crippen LogP contribution in [0.25, 0.3) is 0 Å². The number of nitrogens with zero attached hydrogens (tertiary/aromatic N) is 1. The molecule has 1 amide bonds. The van der Waals surface area contributed by atoms with Gasteiger partial charge in [0.2, 0.25) is 15.9 Å². The fourth-order valence-electron chi connectivity index (χ4n) is 3.85. The van der Waals surface area contributed by atoms with Crippen LogP contribution in [0, 0.1) is 5.92 Å². The van der Waals surface area contributed by atoms with Crippen molar-refractivity contribution in [3.63, 3.8) is 0 Å². The molecule has 3 rings (SSSR count). The van der Waals surface area contributed by atoms with E-state index in [1.54, 1.807) is 20.8 Å². The molecule has 1 saturated carbocycles. The van der Waals surface area contributed by atoms with E-state index >= 15 is 0 Å². The lowest BCUT2D eigenvalue weighted by atomic mass is 9.86. The summed E-state index contributed by atoms with van der Waals surface area (Å²) in [6.07, 6.45) is 3.21. The number of nitrogens with one attached hydrogen (secondary N) is 2. The van der Waals surface area contributed by atoms with E-state index in [0.717, 1.165) is 24.3 Å². The fraction of sp³-hybridized carbons (Fsp3) is 0.667. The van der Waals surface area contributed by atoms with Crippen LogP contribution in [0.15, 0.2) is 24.3 Å². The number of aliphatic hydroxyl groups excluding tert-OH is 1.